The van der Waals surface area contributed by atoms with Gasteiger partial charge in [0.1, 0.15) is 0 Å². The third kappa shape index (κ3) is 2.82. The summed E-state index contributed by atoms with van der Waals surface area (Å²) in [6.45, 7) is 3.97. The van der Waals surface area contributed by atoms with Crippen molar-refractivity contribution in [3.8, 4) is 0 Å². The van der Waals surface area contributed by atoms with Gasteiger partial charge >= 0.3 is 5.92 Å². The average molecular weight is 165 g/mol. The molecular weight excluding hydrogens is 152 g/mol. The van der Waals surface area contributed by atoms with Crippen molar-refractivity contribution >= 4 is 5.91 Å². The van der Waals surface area contributed by atoms with E-state index in [-0.39, 0.29) is 6.04 Å². The van der Waals surface area contributed by atoms with E-state index in [9.17, 15) is 13.6 Å². The number of alkyl halides is 2. The van der Waals surface area contributed by atoms with E-state index in [2.05, 4.69) is 0 Å². The minimum absolute atomic E-state index is 0.187. The van der Waals surface area contributed by atoms with Gasteiger partial charge in [0.25, 0.3) is 5.91 Å². The Kier molecular flexibility index (Phi) is 2.96. The molecule has 0 aromatic rings. The van der Waals surface area contributed by atoms with Gasteiger partial charge in [0.15, 0.2) is 0 Å². The van der Waals surface area contributed by atoms with Crippen LogP contribution in [0.2, 0.25) is 0 Å². The van der Waals surface area contributed by atoms with Crippen LogP contribution >= 0.6 is 0 Å². The van der Waals surface area contributed by atoms with Crippen LogP contribution in [0.1, 0.15) is 20.8 Å². The summed E-state index contributed by atoms with van der Waals surface area (Å²) in [7, 11) is 1.37. The highest BCUT2D eigenvalue weighted by Crippen LogP contribution is 2.15. The molecule has 1 amide bonds. The van der Waals surface area contributed by atoms with Gasteiger partial charge in [-0.25, -0.2) is 0 Å². The highest BCUT2D eigenvalue weighted by molar-refractivity contribution is 5.82. The van der Waals surface area contributed by atoms with Gasteiger partial charge in [-0.2, -0.15) is 8.78 Å². The Labute approximate surface area is 65.2 Å². The minimum Gasteiger partial charge on any atom is -0.338 e. The summed E-state index contributed by atoms with van der Waals surface area (Å²) >= 11 is 0. The summed E-state index contributed by atoms with van der Waals surface area (Å²) in [6.07, 6.45) is 0. The van der Waals surface area contributed by atoms with Crippen LogP contribution in [0.3, 0.4) is 0 Å². The summed E-state index contributed by atoms with van der Waals surface area (Å²) < 4.78 is 24.7. The summed E-state index contributed by atoms with van der Waals surface area (Å²) in [5, 5.41) is 0. The van der Waals surface area contributed by atoms with E-state index >= 15 is 0 Å². The van der Waals surface area contributed by atoms with Crippen molar-refractivity contribution in [3.05, 3.63) is 0 Å². The quantitative estimate of drug-likeness (QED) is 0.607. The topological polar surface area (TPSA) is 20.3 Å². The third-order valence-electron chi connectivity index (χ3n) is 1.47. The van der Waals surface area contributed by atoms with Gasteiger partial charge in [-0.3, -0.25) is 4.79 Å². The SMILES string of the molecule is CC(C)N(C)C(=O)C(C)(F)F. The molecule has 0 aliphatic rings. The van der Waals surface area contributed by atoms with E-state index < -0.39 is 11.8 Å². The number of hydrogen-bond acceptors (Lipinski definition) is 1. The first-order valence-corrected chi connectivity index (χ1v) is 3.42. The Hall–Kier alpha value is -0.670. The molecule has 0 atom stereocenters. The molecule has 0 heterocycles. The second kappa shape index (κ2) is 3.15. The van der Waals surface area contributed by atoms with Gasteiger partial charge in [-0.15, -0.1) is 0 Å². The first-order chi connectivity index (χ1) is 4.76. The standard InChI is InChI=1S/C7H13F2NO/c1-5(2)10(4)6(11)7(3,8)9/h5H,1-4H3. The van der Waals surface area contributed by atoms with Gasteiger partial charge in [-0.1, -0.05) is 0 Å². The average Bonchev–Trinajstić information content (AvgIpc) is 1.82. The van der Waals surface area contributed by atoms with E-state index in [1.807, 2.05) is 0 Å². The van der Waals surface area contributed by atoms with Gasteiger partial charge in [0.2, 0.25) is 0 Å². The highest BCUT2D eigenvalue weighted by atomic mass is 19.3. The van der Waals surface area contributed by atoms with Crippen molar-refractivity contribution in [1.82, 2.24) is 4.90 Å². The lowest BCUT2D eigenvalue weighted by Gasteiger charge is -2.24. The Morgan fingerprint density at radius 3 is 1.91 bits per heavy atom. The maximum Gasteiger partial charge on any atom is 0.322 e. The van der Waals surface area contributed by atoms with Crippen molar-refractivity contribution in [2.75, 3.05) is 7.05 Å². The van der Waals surface area contributed by atoms with Gasteiger partial charge in [-0.05, 0) is 13.8 Å². The molecule has 0 spiro atoms. The highest BCUT2D eigenvalue weighted by Gasteiger charge is 2.35. The van der Waals surface area contributed by atoms with E-state index in [0.717, 1.165) is 4.90 Å². The number of amides is 1. The lowest BCUT2D eigenvalue weighted by atomic mass is 10.3. The first-order valence-electron chi connectivity index (χ1n) is 3.42. The second-order valence-electron chi connectivity index (χ2n) is 2.90. The molecule has 0 aromatic heterocycles. The van der Waals surface area contributed by atoms with E-state index in [4.69, 9.17) is 0 Å². The molecular formula is C7H13F2NO. The Bertz CT molecular complexity index is 151. The van der Waals surface area contributed by atoms with Crippen LogP contribution in [0.4, 0.5) is 8.78 Å². The Morgan fingerprint density at radius 2 is 1.82 bits per heavy atom. The van der Waals surface area contributed by atoms with Crippen molar-refractivity contribution < 1.29 is 13.6 Å². The van der Waals surface area contributed by atoms with Gasteiger partial charge in [0.05, 0.1) is 0 Å². The van der Waals surface area contributed by atoms with Crippen LogP contribution < -0.4 is 0 Å². The molecule has 4 heteroatoms. The molecule has 0 rings (SSSR count). The number of hydrogen-bond donors (Lipinski definition) is 0. The summed E-state index contributed by atoms with van der Waals surface area (Å²) in [5.74, 6) is -4.38. The molecule has 0 bridgehead atoms. The van der Waals surface area contributed by atoms with Gasteiger partial charge < -0.3 is 4.90 Å². The number of carbonyl (C=O) groups is 1. The Morgan fingerprint density at radius 1 is 1.45 bits per heavy atom. The number of halogens is 2. The summed E-state index contributed by atoms with van der Waals surface area (Å²) in [5.41, 5.74) is 0. The van der Waals surface area contributed by atoms with Crippen molar-refractivity contribution in [1.29, 1.82) is 0 Å². The molecule has 2 nitrogen and oxygen atoms in total. The third-order valence-corrected chi connectivity index (χ3v) is 1.47. The first kappa shape index (κ1) is 10.3. The van der Waals surface area contributed by atoms with Gasteiger partial charge in [0, 0.05) is 20.0 Å². The van der Waals surface area contributed by atoms with E-state index in [1.54, 1.807) is 13.8 Å². The largest absolute Gasteiger partial charge is 0.338 e. The molecule has 66 valence electrons. The molecule has 0 radical (unpaired) electrons. The van der Waals surface area contributed by atoms with Crippen LogP contribution in [0.15, 0.2) is 0 Å². The Balaban J connectivity index is 4.26. The lowest BCUT2D eigenvalue weighted by molar-refractivity contribution is -0.155. The minimum atomic E-state index is -3.25. The fourth-order valence-electron chi connectivity index (χ4n) is 0.544. The predicted molar refractivity (Wildman–Crippen MR) is 38.5 cm³/mol. The predicted octanol–water partition coefficient (Wildman–Crippen LogP) is 1.51. The fourth-order valence-corrected chi connectivity index (χ4v) is 0.544. The van der Waals surface area contributed by atoms with Crippen LogP contribution in [-0.2, 0) is 4.79 Å². The normalized spacial score (nSPS) is 11.9. The van der Waals surface area contributed by atoms with Crippen LogP contribution in [-0.4, -0.2) is 29.8 Å². The fraction of sp³-hybridized carbons (Fsp3) is 0.857. The number of rotatable bonds is 2. The molecule has 0 aliphatic heterocycles. The monoisotopic (exact) mass is 165 g/mol. The molecule has 0 N–H and O–H groups in total. The summed E-state index contributed by atoms with van der Waals surface area (Å²) in [4.78, 5) is 11.8. The number of nitrogens with zero attached hydrogens (tertiary/aromatic N) is 1. The molecule has 0 saturated heterocycles. The van der Waals surface area contributed by atoms with Crippen molar-refractivity contribution in [3.63, 3.8) is 0 Å². The van der Waals surface area contributed by atoms with E-state index in [1.165, 1.54) is 7.05 Å². The van der Waals surface area contributed by atoms with Crippen molar-refractivity contribution in [2.24, 2.45) is 0 Å². The maximum atomic E-state index is 12.3. The molecule has 0 unspecified atom stereocenters. The smallest absolute Gasteiger partial charge is 0.322 e. The van der Waals surface area contributed by atoms with E-state index in [0.29, 0.717) is 6.92 Å². The lowest BCUT2D eigenvalue weighted by Crippen LogP contribution is -2.42. The molecule has 0 saturated carbocycles. The van der Waals surface area contributed by atoms with Crippen LogP contribution in [0, 0.1) is 0 Å². The maximum absolute atomic E-state index is 12.3. The molecule has 0 aliphatic carbocycles. The second-order valence-corrected chi connectivity index (χ2v) is 2.90. The zero-order valence-electron chi connectivity index (χ0n) is 7.19. The van der Waals surface area contributed by atoms with Crippen molar-refractivity contribution in [2.45, 2.75) is 32.7 Å². The summed E-state index contributed by atoms with van der Waals surface area (Å²) in [6, 6.07) is -0.187. The zero-order valence-corrected chi connectivity index (χ0v) is 7.19. The molecule has 0 aromatic carbocycles. The molecule has 0 fully saturated rings. The van der Waals surface area contributed by atoms with Crippen LogP contribution in [0.25, 0.3) is 0 Å². The zero-order chi connectivity index (χ0) is 9.23. The number of carbonyl (C=O) groups excluding carboxylic acids is 1. The molecule has 11 heavy (non-hydrogen) atoms. The van der Waals surface area contributed by atoms with Crippen LogP contribution in [0.5, 0.6) is 0 Å².